The SMILES string of the molecule is CCNC(=NCC1(c2cccc(Cl)c2)CC1)NCCc1cnn(C)c1.I. The normalized spacial score (nSPS) is 15.3. The summed E-state index contributed by atoms with van der Waals surface area (Å²) in [5, 5.41) is 11.7. The molecule has 0 spiro atoms. The van der Waals surface area contributed by atoms with E-state index in [-0.39, 0.29) is 29.4 Å². The first-order chi connectivity index (χ1) is 12.1. The number of aryl methyl sites for hydroxylation is 1. The van der Waals surface area contributed by atoms with E-state index < -0.39 is 0 Å². The molecule has 3 rings (SSSR count). The first kappa shape index (κ1) is 21.0. The molecule has 0 aliphatic heterocycles. The van der Waals surface area contributed by atoms with Gasteiger partial charge in [-0.2, -0.15) is 5.10 Å². The highest BCUT2D eigenvalue weighted by molar-refractivity contribution is 14.0. The van der Waals surface area contributed by atoms with Gasteiger partial charge in [0.05, 0.1) is 12.7 Å². The van der Waals surface area contributed by atoms with Crippen LogP contribution in [-0.2, 0) is 18.9 Å². The van der Waals surface area contributed by atoms with E-state index in [1.54, 1.807) is 0 Å². The zero-order valence-corrected chi connectivity index (χ0v) is 18.4. The average Bonchev–Trinajstić information content (AvgIpc) is 3.28. The van der Waals surface area contributed by atoms with Crippen molar-refractivity contribution in [2.24, 2.45) is 12.0 Å². The number of rotatable bonds is 7. The molecule has 2 N–H and O–H groups in total. The molecule has 1 saturated carbocycles. The fourth-order valence-electron chi connectivity index (χ4n) is 3.01. The number of guanidine groups is 1. The molecule has 0 amide bonds. The molecule has 0 radical (unpaired) electrons. The molecule has 26 heavy (non-hydrogen) atoms. The number of nitrogens with one attached hydrogen (secondary N) is 2. The van der Waals surface area contributed by atoms with E-state index in [0.717, 1.165) is 37.0 Å². The van der Waals surface area contributed by atoms with Crippen LogP contribution in [0.2, 0.25) is 5.02 Å². The number of hydrogen-bond acceptors (Lipinski definition) is 2. The molecule has 1 aromatic heterocycles. The minimum absolute atomic E-state index is 0. The number of nitrogens with zero attached hydrogens (tertiary/aromatic N) is 3. The van der Waals surface area contributed by atoms with E-state index in [4.69, 9.17) is 16.6 Å². The second-order valence-corrected chi connectivity index (χ2v) is 7.12. The molecule has 1 aliphatic carbocycles. The minimum atomic E-state index is 0. The van der Waals surface area contributed by atoms with Gasteiger partial charge in [0, 0.05) is 36.8 Å². The van der Waals surface area contributed by atoms with Crippen molar-refractivity contribution in [1.29, 1.82) is 0 Å². The van der Waals surface area contributed by atoms with Gasteiger partial charge in [-0.25, -0.2) is 0 Å². The van der Waals surface area contributed by atoms with Gasteiger partial charge in [0.2, 0.25) is 0 Å². The molecule has 1 heterocycles. The second-order valence-electron chi connectivity index (χ2n) is 6.68. The van der Waals surface area contributed by atoms with Gasteiger partial charge in [-0.05, 0) is 49.4 Å². The number of halogens is 2. The van der Waals surface area contributed by atoms with Crippen LogP contribution in [0.15, 0.2) is 41.7 Å². The van der Waals surface area contributed by atoms with Gasteiger partial charge in [0.15, 0.2) is 5.96 Å². The van der Waals surface area contributed by atoms with Crippen molar-refractivity contribution in [1.82, 2.24) is 20.4 Å². The van der Waals surface area contributed by atoms with Crippen LogP contribution in [0.25, 0.3) is 0 Å². The Balaban J connectivity index is 0.00000243. The standard InChI is InChI=1S/C19H26ClN5.HI/c1-3-21-18(22-10-7-15-12-24-25(2)13-15)23-14-19(8-9-19)16-5-4-6-17(20)11-16;/h4-6,11-13H,3,7-10,14H2,1-2H3,(H2,21,22,23);1H. The third kappa shape index (κ3) is 5.61. The number of aliphatic imine (C=N–C) groups is 1. The van der Waals surface area contributed by atoms with Crippen LogP contribution in [-0.4, -0.2) is 35.4 Å². The molecule has 1 aromatic carbocycles. The van der Waals surface area contributed by atoms with E-state index in [2.05, 4.69) is 34.8 Å². The summed E-state index contributed by atoms with van der Waals surface area (Å²) in [7, 11) is 1.94. The molecular weight excluding hydrogens is 461 g/mol. The Bertz CT molecular complexity index is 739. The second kappa shape index (κ2) is 9.60. The van der Waals surface area contributed by atoms with Gasteiger partial charge in [-0.15, -0.1) is 24.0 Å². The Morgan fingerprint density at radius 3 is 2.77 bits per heavy atom. The summed E-state index contributed by atoms with van der Waals surface area (Å²) in [4.78, 5) is 4.82. The summed E-state index contributed by atoms with van der Waals surface area (Å²) < 4.78 is 1.83. The summed E-state index contributed by atoms with van der Waals surface area (Å²) in [5.74, 6) is 0.875. The first-order valence-electron chi connectivity index (χ1n) is 8.87. The summed E-state index contributed by atoms with van der Waals surface area (Å²) in [6.07, 6.45) is 7.23. The van der Waals surface area contributed by atoms with E-state index in [1.807, 2.05) is 36.3 Å². The molecule has 1 fully saturated rings. The summed E-state index contributed by atoms with van der Waals surface area (Å²) >= 11 is 6.15. The first-order valence-corrected chi connectivity index (χ1v) is 9.25. The number of aromatic nitrogens is 2. The van der Waals surface area contributed by atoms with Crippen LogP contribution in [0.3, 0.4) is 0 Å². The molecule has 142 valence electrons. The van der Waals surface area contributed by atoms with E-state index in [9.17, 15) is 0 Å². The summed E-state index contributed by atoms with van der Waals surface area (Å²) in [6, 6.07) is 8.19. The van der Waals surface area contributed by atoms with Crippen molar-refractivity contribution < 1.29 is 0 Å². The van der Waals surface area contributed by atoms with Crippen LogP contribution >= 0.6 is 35.6 Å². The fraction of sp³-hybridized carbons (Fsp3) is 0.474. The molecule has 5 nitrogen and oxygen atoms in total. The summed E-state index contributed by atoms with van der Waals surface area (Å²) in [5.41, 5.74) is 2.69. The van der Waals surface area contributed by atoms with E-state index in [1.165, 1.54) is 24.0 Å². The highest BCUT2D eigenvalue weighted by Gasteiger charge is 2.44. The van der Waals surface area contributed by atoms with Crippen LogP contribution < -0.4 is 10.6 Å². The predicted molar refractivity (Wildman–Crippen MR) is 119 cm³/mol. The van der Waals surface area contributed by atoms with Gasteiger partial charge in [0.1, 0.15) is 0 Å². The van der Waals surface area contributed by atoms with Gasteiger partial charge in [-0.3, -0.25) is 9.67 Å². The third-order valence-corrected chi connectivity index (χ3v) is 4.87. The van der Waals surface area contributed by atoms with Crippen molar-refractivity contribution in [2.45, 2.75) is 31.6 Å². The molecule has 0 atom stereocenters. The maximum atomic E-state index is 6.15. The van der Waals surface area contributed by atoms with Gasteiger partial charge in [-0.1, -0.05) is 23.7 Å². The van der Waals surface area contributed by atoms with Crippen molar-refractivity contribution >= 4 is 41.5 Å². The molecule has 7 heteroatoms. The molecule has 0 unspecified atom stereocenters. The highest BCUT2D eigenvalue weighted by atomic mass is 127. The third-order valence-electron chi connectivity index (χ3n) is 4.64. The molecular formula is C19H27ClIN5. The van der Waals surface area contributed by atoms with Crippen molar-refractivity contribution in [2.75, 3.05) is 19.6 Å². The van der Waals surface area contributed by atoms with Crippen LogP contribution in [0.5, 0.6) is 0 Å². The highest BCUT2D eigenvalue weighted by Crippen LogP contribution is 2.48. The molecule has 2 aromatic rings. The maximum Gasteiger partial charge on any atom is 0.191 e. The van der Waals surface area contributed by atoms with Crippen molar-refractivity contribution in [3.63, 3.8) is 0 Å². The van der Waals surface area contributed by atoms with E-state index >= 15 is 0 Å². The minimum Gasteiger partial charge on any atom is -0.357 e. The predicted octanol–water partition coefficient (Wildman–Crippen LogP) is 3.52. The van der Waals surface area contributed by atoms with Gasteiger partial charge in [0.25, 0.3) is 0 Å². The average molecular weight is 488 g/mol. The van der Waals surface area contributed by atoms with Crippen LogP contribution in [0.4, 0.5) is 0 Å². The Kier molecular flexibility index (Phi) is 7.76. The lowest BCUT2D eigenvalue weighted by Crippen LogP contribution is -2.39. The monoisotopic (exact) mass is 487 g/mol. The fourth-order valence-corrected chi connectivity index (χ4v) is 3.20. The smallest absolute Gasteiger partial charge is 0.191 e. The Hall–Kier alpha value is -1.28. The quantitative estimate of drug-likeness (QED) is 0.357. The van der Waals surface area contributed by atoms with Crippen LogP contribution in [0, 0.1) is 0 Å². The molecule has 0 bridgehead atoms. The van der Waals surface area contributed by atoms with Crippen molar-refractivity contribution in [3.05, 3.63) is 52.8 Å². The molecule has 0 saturated heterocycles. The van der Waals surface area contributed by atoms with Crippen molar-refractivity contribution in [3.8, 4) is 0 Å². The van der Waals surface area contributed by atoms with Crippen LogP contribution in [0.1, 0.15) is 30.9 Å². The lowest BCUT2D eigenvalue weighted by molar-refractivity contribution is 0.692. The van der Waals surface area contributed by atoms with E-state index in [0.29, 0.717) is 0 Å². The lowest BCUT2D eigenvalue weighted by atomic mass is 9.96. The number of hydrogen-bond donors (Lipinski definition) is 2. The zero-order valence-electron chi connectivity index (χ0n) is 15.3. The largest absolute Gasteiger partial charge is 0.357 e. The number of benzene rings is 1. The maximum absolute atomic E-state index is 6.15. The molecule has 1 aliphatic rings. The Morgan fingerprint density at radius 2 is 2.15 bits per heavy atom. The van der Waals surface area contributed by atoms with Gasteiger partial charge >= 0.3 is 0 Å². The summed E-state index contributed by atoms with van der Waals surface area (Å²) in [6.45, 7) is 4.56. The zero-order chi connectivity index (χ0) is 17.7. The Morgan fingerprint density at radius 1 is 1.35 bits per heavy atom. The van der Waals surface area contributed by atoms with Gasteiger partial charge < -0.3 is 10.6 Å². The lowest BCUT2D eigenvalue weighted by Gasteiger charge is -2.16. The topological polar surface area (TPSA) is 54.2 Å². The Labute approximate surface area is 177 Å².